The van der Waals surface area contributed by atoms with Gasteiger partial charge in [-0.15, -0.1) is 0 Å². The third-order valence-corrected chi connectivity index (χ3v) is 4.95. The molecule has 0 aromatic heterocycles. The van der Waals surface area contributed by atoms with Gasteiger partial charge in [-0.2, -0.15) is 0 Å². The molecule has 0 aromatic rings. The SMILES string of the molecule is CCC[CH2][Sb][CH2]CCC.NC(=O)O.O=[S-](=O)O. The van der Waals surface area contributed by atoms with Crippen molar-refractivity contribution in [3.8, 4) is 0 Å². The Labute approximate surface area is 115 Å². The summed E-state index contributed by atoms with van der Waals surface area (Å²) in [6.45, 7) is 4.58. The van der Waals surface area contributed by atoms with E-state index in [2.05, 4.69) is 19.6 Å². The van der Waals surface area contributed by atoms with E-state index in [9.17, 15) is 0 Å². The molecular formula is C9H22NO5SSb-. The van der Waals surface area contributed by atoms with Gasteiger partial charge in [-0.05, 0) is 0 Å². The van der Waals surface area contributed by atoms with E-state index in [1.54, 1.807) is 8.73 Å². The van der Waals surface area contributed by atoms with Crippen LogP contribution in [0.1, 0.15) is 39.5 Å². The minimum Gasteiger partial charge on any atom is -0.465 e. The molecule has 0 aromatic carbocycles. The van der Waals surface area contributed by atoms with Crippen LogP contribution in [0.25, 0.3) is 0 Å². The molecule has 0 fully saturated rings. The van der Waals surface area contributed by atoms with Crippen molar-refractivity contribution in [1.29, 1.82) is 0 Å². The van der Waals surface area contributed by atoms with E-state index < -0.39 is 17.1 Å². The molecule has 0 saturated carbocycles. The van der Waals surface area contributed by atoms with Gasteiger partial charge in [-0.3, -0.25) is 0 Å². The second kappa shape index (κ2) is 21.3. The fourth-order valence-corrected chi connectivity index (χ4v) is 4.37. The number of carboxylic acid groups (broad SMARTS) is 1. The molecule has 17 heavy (non-hydrogen) atoms. The van der Waals surface area contributed by atoms with E-state index in [0.29, 0.717) is 21.6 Å². The van der Waals surface area contributed by atoms with Crippen LogP contribution in [0.2, 0.25) is 8.73 Å². The maximum Gasteiger partial charge on any atom is 0.402 e. The number of hydrogen-bond acceptors (Lipinski definition) is 4. The molecule has 0 heterocycles. The molecule has 0 spiro atoms. The minimum absolute atomic E-state index is 0.304. The summed E-state index contributed by atoms with van der Waals surface area (Å²) in [5.41, 5.74) is 4.03. The number of carbonyl (C=O) groups is 1. The molecular weight excluding hydrogens is 356 g/mol. The number of primary amides is 1. The molecule has 6 nitrogen and oxygen atoms in total. The molecule has 0 aliphatic rings. The maximum atomic E-state index is 8.78. The van der Waals surface area contributed by atoms with Crippen LogP contribution in [-0.4, -0.2) is 37.4 Å². The van der Waals surface area contributed by atoms with Crippen LogP contribution in [0, 0.1) is 0 Å². The van der Waals surface area contributed by atoms with Gasteiger partial charge in [-0.1, -0.05) is 0 Å². The van der Waals surface area contributed by atoms with Gasteiger partial charge in [0.05, 0.1) is 0 Å². The predicted octanol–water partition coefficient (Wildman–Crippen LogP) is 2.52. The molecule has 0 saturated heterocycles. The monoisotopic (exact) mass is 377 g/mol. The zero-order chi connectivity index (χ0) is 14.1. The van der Waals surface area contributed by atoms with E-state index in [0.717, 1.165) is 0 Å². The Kier molecular flexibility index (Phi) is 27.8. The summed E-state index contributed by atoms with van der Waals surface area (Å²) in [4.78, 5) is 8.78. The Morgan fingerprint density at radius 1 is 1.18 bits per heavy atom. The van der Waals surface area contributed by atoms with Gasteiger partial charge in [0.1, 0.15) is 0 Å². The summed E-state index contributed by atoms with van der Waals surface area (Å²) >= 11 is 0.304. The second-order valence-corrected chi connectivity index (χ2v) is 7.20. The predicted molar refractivity (Wildman–Crippen MR) is 68.8 cm³/mol. The number of hydrogen-bond donors (Lipinski definition) is 3. The van der Waals surface area contributed by atoms with Crippen LogP contribution >= 0.6 is 0 Å². The number of rotatable bonds is 6. The van der Waals surface area contributed by atoms with Crippen molar-refractivity contribution in [2.45, 2.75) is 48.3 Å². The fraction of sp³-hybridized carbons (Fsp3) is 0.889. The van der Waals surface area contributed by atoms with E-state index in [1.165, 1.54) is 25.7 Å². The van der Waals surface area contributed by atoms with E-state index in [-0.39, 0.29) is 0 Å². The Morgan fingerprint density at radius 2 is 1.41 bits per heavy atom. The summed E-state index contributed by atoms with van der Waals surface area (Å²) in [5.74, 6) is 0. The third kappa shape index (κ3) is 87.1. The van der Waals surface area contributed by atoms with Gasteiger partial charge in [0, 0.05) is 11.0 Å². The molecule has 1 radical (unpaired) electrons. The summed E-state index contributed by atoms with van der Waals surface area (Å²) < 4.78 is 27.3. The molecule has 8 heteroatoms. The topological polar surface area (TPSA) is 118 Å². The first-order valence-corrected chi connectivity index (χ1v) is 9.92. The third-order valence-electron chi connectivity index (χ3n) is 1.34. The summed E-state index contributed by atoms with van der Waals surface area (Å²) in [6, 6.07) is 0. The average molecular weight is 378 g/mol. The van der Waals surface area contributed by atoms with Gasteiger partial charge in [0.2, 0.25) is 0 Å². The van der Waals surface area contributed by atoms with Crippen LogP contribution in [0.4, 0.5) is 4.79 Å². The van der Waals surface area contributed by atoms with Crippen molar-refractivity contribution in [2.75, 3.05) is 0 Å². The summed E-state index contributed by atoms with van der Waals surface area (Å²) in [7, 11) is -2.86. The number of unbranched alkanes of at least 4 members (excludes halogenated alkanes) is 2. The minimum atomic E-state index is -2.86. The average Bonchev–Trinajstić information content (AvgIpc) is 2.16. The smallest absolute Gasteiger partial charge is 0.402 e. The molecule has 0 atom stereocenters. The van der Waals surface area contributed by atoms with Crippen molar-refractivity contribution in [3.05, 3.63) is 0 Å². The first-order chi connectivity index (χ1) is 7.88. The quantitative estimate of drug-likeness (QED) is 0.216. The van der Waals surface area contributed by atoms with Gasteiger partial charge < -0.3 is 23.8 Å². The number of nitrogens with two attached hydrogens (primary N) is 1. The Morgan fingerprint density at radius 3 is 1.59 bits per heavy atom. The Bertz CT molecular complexity index is 205. The van der Waals surface area contributed by atoms with E-state index in [4.69, 9.17) is 22.9 Å². The van der Waals surface area contributed by atoms with Crippen LogP contribution < -0.4 is 5.73 Å². The molecule has 1 amide bonds. The second-order valence-electron chi connectivity index (χ2n) is 2.93. The van der Waals surface area contributed by atoms with Crippen LogP contribution in [0.3, 0.4) is 0 Å². The number of amides is 1. The van der Waals surface area contributed by atoms with Crippen LogP contribution in [0.5, 0.6) is 0 Å². The van der Waals surface area contributed by atoms with Gasteiger partial charge in [0.15, 0.2) is 0 Å². The fourth-order valence-electron chi connectivity index (χ4n) is 0.652. The largest absolute Gasteiger partial charge is 0.465 e. The van der Waals surface area contributed by atoms with Crippen molar-refractivity contribution < 1.29 is 22.9 Å². The standard InChI is InChI=1S/2C4H9.CH3NO2.HO3S.Sb/c2*1-3-4-2;2-1(3)4;1-4(2)3;/h2*1,3-4H2,2H3;2H2,(H,3,4);(H,1,2,3);/q;;;-1;. The normalized spacial score (nSPS) is 8.71. The van der Waals surface area contributed by atoms with Crippen molar-refractivity contribution in [2.24, 2.45) is 5.73 Å². The molecule has 0 rings (SSSR count). The van der Waals surface area contributed by atoms with Gasteiger partial charge in [-0.25, -0.2) is 4.79 Å². The molecule has 0 unspecified atom stereocenters. The molecule has 0 aliphatic carbocycles. The molecule has 4 N–H and O–H groups in total. The van der Waals surface area contributed by atoms with Gasteiger partial charge >= 0.3 is 76.0 Å². The van der Waals surface area contributed by atoms with Crippen LogP contribution in [0.15, 0.2) is 0 Å². The van der Waals surface area contributed by atoms with Crippen molar-refractivity contribution >= 4 is 38.7 Å². The van der Waals surface area contributed by atoms with Crippen LogP contribution in [-0.2, 0) is 19.4 Å². The van der Waals surface area contributed by atoms with Crippen molar-refractivity contribution in [3.63, 3.8) is 0 Å². The van der Waals surface area contributed by atoms with Crippen molar-refractivity contribution in [1.82, 2.24) is 0 Å². The first-order valence-electron chi connectivity index (χ1n) is 5.28. The molecule has 105 valence electrons. The maximum absolute atomic E-state index is 8.78. The molecule has 0 aliphatic heterocycles. The Hall–Kier alpha value is -0.00182. The van der Waals surface area contributed by atoms with E-state index in [1.807, 2.05) is 0 Å². The van der Waals surface area contributed by atoms with Gasteiger partial charge in [0.25, 0.3) is 0 Å². The summed E-state index contributed by atoms with van der Waals surface area (Å²) in [6.07, 6.45) is 4.48. The summed E-state index contributed by atoms with van der Waals surface area (Å²) in [5, 5.41) is 7.19. The Balaban J connectivity index is -0.000000205. The van der Waals surface area contributed by atoms with E-state index >= 15 is 0 Å². The first kappa shape index (κ1) is 22.2. The zero-order valence-corrected chi connectivity index (χ0v) is 13.7. The zero-order valence-electron chi connectivity index (χ0n) is 10.3. The molecule has 0 bridgehead atoms.